The molecular weight excluding hydrogens is 1890 g/mol. The van der Waals surface area contributed by atoms with Gasteiger partial charge in [-0.25, -0.2) is 77.1 Å². The molecule has 0 spiro atoms. The highest BCUT2D eigenvalue weighted by molar-refractivity contribution is 7.90. The molecule has 0 radical (unpaired) electrons. The Hall–Kier alpha value is -10.4. The predicted molar refractivity (Wildman–Crippen MR) is 512 cm³/mol. The Labute approximate surface area is 796 Å². The van der Waals surface area contributed by atoms with Crippen molar-refractivity contribution < 1.29 is 93.9 Å². The van der Waals surface area contributed by atoms with E-state index in [4.69, 9.17) is 50.3 Å². The van der Waals surface area contributed by atoms with Crippen LogP contribution >= 0.6 is 0 Å². The summed E-state index contributed by atoms with van der Waals surface area (Å²) in [5.74, 6) is 27.8. The maximum atomic E-state index is 12.6. The lowest BCUT2D eigenvalue weighted by Crippen LogP contribution is -2.48. The number of nitrogens with one attached hydrogen (secondary N) is 7. The number of ether oxygens (including phenoxy) is 2. The van der Waals surface area contributed by atoms with Crippen molar-refractivity contribution in [3.63, 3.8) is 0 Å². The molecule has 7 amide bonds. The van der Waals surface area contributed by atoms with Crippen LogP contribution in [-0.4, -0.2) is 326 Å². The number of nitrogens with zero attached hydrogens (tertiary/aromatic N) is 10. The van der Waals surface area contributed by atoms with Crippen molar-refractivity contribution in [1.82, 2.24) is 80.2 Å². The third-order valence-corrected chi connectivity index (χ3v) is 31.5. The lowest BCUT2D eigenvalue weighted by Gasteiger charge is -2.34. The largest absolute Gasteiger partial charge is 0.768 e. The third-order valence-electron chi connectivity index (χ3n) is 22.0. The molecule has 7 aliphatic heterocycles. The predicted octanol–water partition coefficient (Wildman–Crippen LogP) is -1.93. The number of primary amides is 1. The van der Waals surface area contributed by atoms with Crippen LogP contribution in [0.15, 0.2) is 194 Å². The van der Waals surface area contributed by atoms with Gasteiger partial charge in [-0.15, -0.1) is 0 Å². The normalized spacial score (nSPS) is 17.1. The number of rotatable bonds is 20. The fourth-order valence-electron chi connectivity index (χ4n) is 13.9. The van der Waals surface area contributed by atoms with E-state index in [-0.39, 0.29) is 70.3 Å². The standard InChI is InChI=1S/C13H20N4O3S.C13H19N3O3S.C12H18N4O3S.C12H18N4O.C11H15N3O4S.C11H15N3O2.C7H7NO3S.C5H12N2O2S.H3N/c1-2-16-6-8-17(9-7-16)21(19,20)12-5-3-4-11(10-12)13(18)15-14;1-10-5-7-16(8-6-10)20(18,19)12-4-2-3-11(9-12)13(17)15-14;1-15-5-7-16(8-6-15)20(18,19)11-4-2-3-10(9-11)12(17)14-13;1-15-5-7-16(8-6-15)11-4-2-3-10(9-11)12(17)14-13;12-13-11(15)9-2-1-3-10(8-9)19(16,17)14-4-6-18-7-5-14;12-13-11(15)9-2-1-3-10(8-9)14-4-6-16-7-5-14;8-7(9)5-2-1-3-6(4-5)12(10)11;1-10(8,9)7-4-2-6-3-5-7;/h3-5,10H,2,6-9,14H2,1H3,(H,15,18);2-4,9-10H,5-8,14H2,1H3,(H,15,17);2-4,9H,5-8,13H2,1H3,(H,14,17);2-4,9H,5-8,13H2,1H3,(H,14,17);1-3,8H,4-7,12H2,(H,13,15);1-3,8H,4-7,12H2,(H,13,15);1-4H,(H2,8,9)(H,10,11);6H,2-5H2,1H3;1H3/p-1. The van der Waals surface area contributed by atoms with Gasteiger partial charge in [-0.3, -0.25) is 70.3 Å². The number of benzene rings is 7. The maximum absolute atomic E-state index is 12.6. The summed E-state index contributed by atoms with van der Waals surface area (Å²) in [6, 6.07) is 44.0. The Balaban J connectivity index is 0.000000240. The molecule has 7 saturated heterocycles. The molecule has 0 bridgehead atoms. The molecule has 136 heavy (non-hydrogen) atoms. The number of piperazine rings is 4. The third kappa shape index (κ3) is 34.6. The fraction of sp³-hybridized carbons (Fsp3) is 0.417. The highest BCUT2D eigenvalue weighted by atomic mass is 32.2. The van der Waals surface area contributed by atoms with E-state index >= 15 is 0 Å². The molecule has 1 unspecified atom stereocenters. The van der Waals surface area contributed by atoms with Crippen molar-refractivity contribution in [2.24, 2.45) is 46.7 Å². The van der Waals surface area contributed by atoms with Crippen molar-refractivity contribution >= 4 is 114 Å². The van der Waals surface area contributed by atoms with Crippen LogP contribution in [-0.2, 0) is 70.7 Å². The molecule has 0 saturated carbocycles. The van der Waals surface area contributed by atoms with E-state index in [0.717, 1.165) is 109 Å². The number of morpholine rings is 2. The van der Waals surface area contributed by atoms with Crippen molar-refractivity contribution in [2.45, 2.75) is 51.2 Å². The Morgan fingerprint density at radius 2 is 0.669 bits per heavy atom. The smallest absolute Gasteiger partial charge is 0.265 e. The summed E-state index contributed by atoms with van der Waals surface area (Å²) in [5.41, 5.74) is 21.6. The molecule has 0 aliphatic carbocycles. The molecule has 46 nitrogen and oxygen atoms in total. The van der Waals surface area contributed by atoms with E-state index in [1.165, 1.54) is 137 Å². The van der Waals surface area contributed by atoms with Gasteiger partial charge in [-0.05, 0) is 178 Å². The molecule has 7 fully saturated rings. The number of hydrogen-bond acceptors (Lipinski definition) is 34. The average molecular weight is 2010 g/mol. The van der Waals surface area contributed by atoms with Gasteiger partial charge in [0.1, 0.15) is 0 Å². The van der Waals surface area contributed by atoms with Crippen LogP contribution in [0, 0.1) is 5.92 Å². The number of sulfonamides is 5. The van der Waals surface area contributed by atoms with Gasteiger partial charge in [0, 0.05) is 199 Å². The molecular formula is C84H126N25O21S6-. The number of carbonyl (C=O) groups excluding carboxylic acids is 7. The first-order chi connectivity index (χ1) is 64.2. The molecule has 7 aromatic rings. The zero-order chi connectivity index (χ0) is 99.2. The summed E-state index contributed by atoms with van der Waals surface area (Å²) in [5, 5.41) is 3.08. The van der Waals surface area contributed by atoms with Gasteiger partial charge in [-0.2, -0.15) is 21.5 Å². The van der Waals surface area contributed by atoms with E-state index in [1.807, 2.05) is 65.1 Å². The van der Waals surface area contributed by atoms with Crippen LogP contribution in [0.3, 0.4) is 0 Å². The second-order valence-corrected chi connectivity index (χ2v) is 41.8. The van der Waals surface area contributed by atoms with Crippen LogP contribution < -0.4 is 94.6 Å². The number of nitrogen functional groups attached to an aromatic ring is 6. The number of piperidine rings is 1. The van der Waals surface area contributed by atoms with Crippen LogP contribution in [0.5, 0.6) is 0 Å². The van der Waals surface area contributed by atoms with Crippen LogP contribution in [0.1, 0.15) is 99.2 Å². The van der Waals surface area contributed by atoms with Gasteiger partial charge < -0.3 is 55.7 Å². The Kier molecular flexibility index (Phi) is 46.9. The first-order valence-corrected chi connectivity index (χ1v) is 51.4. The van der Waals surface area contributed by atoms with Crippen LogP contribution in [0.4, 0.5) is 11.4 Å². The van der Waals surface area contributed by atoms with Crippen molar-refractivity contribution in [1.29, 1.82) is 0 Å². The summed E-state index contributed by atoms with van der Waals surface area (Å²) in [4.78, 5) is 90.8. The molecule has 52 heteroatoms. The summed E-state index contributed by atoms with van der Waals surface area (Å²) in [6.45, 7) is 22.2. The van der Waals surface area contributed by atoms with Crippen molar-refractivity contribution in [2.75, 3.05) is 207 Å². The van der Waals surface area contributed by atoms with E-state index < -0.39 is 90.7 Å². The summed E-state index contributed by atoms with van der Waals surface area (Å²) in [7, 11) is -13.1. The Bertz CT molecular complexity index is 5580. The minimum Gasteiger partial charge on any atom is -0.768 e. The highest BCUT2D eigenvalue weighted by Gasteiger charge is 2.33. The van der Waals surface area contributed by atoms with Crippen LogP contribution in [0.2, 0.25) is 0 Å². The number of likely N-dealkylation sites (N-methyl/N-ethyl adjacent to an activating group) is 3. The summed E-state index contributed by atoms with van der Waals surface area (Å²) >= 11 is -2.31. The number of nitrogens with two attached hydrogens (primary N) is 7. The lowest BCUT2D eigenvalue weighted by molar-refractivity contribution is 0.0730. The molecule has 14 rings (SSSR count). The van der Waals surface area contributed by atoms with Crippen LogP contribution in [0.25, 0.3) is 0 Å². The zero-order valence-electron chi connectivity index (χ0n) is 76.5. The first-order valence-electron chi connectivity index (χ1n) is 42.7. The second-order valence-electron chi connectivity index (χ2n) is 31.1. The number of carbonyl (C=O) groups is 7. The first kappa shape index (κ1) is 114. The fourth-order valence-corrected chi connectivity index (χ4v) is 21.1. The van der Waals surface area contributed by atoms with E-state index in [9.17, 15) is 84.4 Å². The Morgan fingerprint density at radius 1 is 0.382 bits per heavy atom. The monoisotopic (exact) mass is 2010 g/mol. The lowest BCUT2D eigenvalue weighted by atomic mass is 10.0. The van der Waals surface area contributed by atoms with Crippen molar-refractivity contribution in [3.8, 4) is 0 Å². The molecule has 7 heterocycles. The second kappa shape index (κ2) is 55.8. The number of hydrogen-bond donors (Lipinski definition) is 15. The van der Waals surface area contributed by atoms with Crippen molar-refractivity contribution in [3.05, 3.63) is 209 Å². The molecule has 7 aliphatic rings. The average Bonchev–Trinajstić information content (AvgIpc) is 0.808. The van der Waals surface area contributed by atoms with E-state index in [0.29, 0.717) is 109 Å². The summed E-state index contributed by atoms with van der Waals surface area (Å²) < 4.78 is 160. The minimum atomic E-state index is -3.59. The van der Waals surface area contributed by atoms with Gasteiger partial charge >= 0.3 is 0 Å². The summed E-state index contributed by atoms with van der Waals surface area (Å²) in [6.07, 6.45) is 2.97. The van der Waals surface area contributed by atoms with Gasteiger partial charge in [0.15, 0.2) is 0 Å². The zero-order valence-corrected chi connectivity index (χ0v) is 81.4. The highest BCUT2D eigenvalue weighted by Crippen LogP contribution is 2.27. The molecule has 24 N–H and O–H groups in total. The van der Waals surface area contributed by atoms with Gasteiger partial charge in [-0.1, -0.05) is 56.3 Å². The molecule has 750 valence electrons. The van der Waals surface area contributed by atoms with E-state index in [1.54, 1.807) is 24.3 Å². The number of amides is 7. The van der Waals surface area contributed by atoms with Gasteiger partial charge in [0.25, 0.3) is 35.4 Å². The topological polar surface area (TPSA) is 683 Å². The molecule has 0 aromatic heterocycles. The van der Waals surface area contributed by atoms with Gasteiger partial charge in [0.05, 0.1) is 52.3 Å². The SMILES string of the molecule is CC1CCN(S(=O)(=O)c2cccc(C(=O)NN)c2)CC1.CCN1CCN(S(=O)(=O)c2cccc(C(=O)NN)c2)CC1.CN1CCN(S(=O)(=O)c2cccc(C(=O)NN)c2)CC1.CN1CCN(c2cccc(C(=O)NN)c2)CC1.CS(=O)(=O)N1CCNCC1.N.NC(=O)c1cccc(S(=O)[O-])c1.NNC(=O)c1cccc(N2CCOCC2)c1.NNC(=O)c1cccc(S(=O)(=O)N2CCOCC2)c1. The Morgan fingerprint density at radius 3 is 0.985 bits per heavy atom. The quantitative estimate of drug-likeness (QED) is 0.0171. The number of hydrazine groups is 6. The van der Waals surface area contributed by atoms with E-state index in [2.05, 4.69) is 61.6 Å². The van der Waals surface area contributed by atoms with Gasteiger partial charge in [0.2, 0.25) is 56.0 Å². The molecule has 1 atom stereocenters. The number of anilines is 2. The maximum Gasteiger partial charge on any atom is 0.265 e. The molecule has 7 aromatic carbocycles. The minimum absolute atomic E-state index is 0.